The molecule has 0 radical (unpaired) electrons. The van der Waals surface area contributed by atoms with Crippen LogP contribution in [0.15, 0.2) is 36.5 Å². The summed E-state index contributed by atoms with van der Waals surface area (Å²) in [7, 11) is 0. The highest BCUT2D eigenvalue weighted by molar-refractivity contribution is 5.15. The summed E-state index contributed by atoms with van der Waals surface area (Å²) in [5, 5.41) is 8.34. The van der Waals surface area contributed by atoms with E-state index >= 15 is 0 Å². The van der Waals surface area contributed by atoms with E-state index < -0.39 is 0 Å². The summed E-state index contributed by atoms with van der Waals surface area (Å²) in [5.74, 6) is 0. The molecule has 0 N–H and O–H groups in total. The molecule has 0 saturated heterocycles. The van der Waals surface area contributed by atoms with Crippen molar-refractivity contribution in [3.63, 3.8) is 0 Å². The predicted molar refractivity (Wildman–Crippen MR) is 71.0 cm³/mol. The average molecular weight is 231 g/mol. The lowest BCUT2D eigenvalue weighted by Gasteiger charge is -2.12. The zero-order chi connectivity index (χ0) is 11.6. The zero-order valence-corrected chi connectivity index (χ0v) is 10.0. The van der Waals surface area contributed by atoms with Crippen LogP contribution in [-0.2, 0) is 12.0 Å². The van der Waals surface area contributed by atoms with Gasteiger partial charge in [0.05, 0.1) is 12.2 Å². The number of benzene rings is 1. The van der Waals surface area contributed by atoms with E-state index in [1.807, 2.05) is 29.1 Å². The minimum absolute atomic E-state index is 0. The smallest absolute Gasteiger partial charge is 0.0880 e. The summed E-state index contributed by atoms with van der Waals surface area (Å²) < 4.78 is 1.88. The van der Waals surface area contributed by atoms with Crippen LogP contribution in [0.4, 0.5) is 0 Å². The van der Waals surface area contributed by atoms with E-state index in [2.05, 4.69) is 43.2 Å². The standard InChI is InChI=1S/C13H17N3.CH4/c1-13(2,3)12-10-16(15-14-12)9-11-7-5-4-6-8-11;/h4-8,10H,9H2,1-3H3;1H4. The molecule has 0 aliphatic carbocycles. The molecule has 0 fully saturated rings. The Balaban J connectivity index is 0.00000144. The van der Waals surface area contributed by atoms with Crippen LogP contribution >= 0.6 is 0 Å². The topological polar surface area (TPSA) is 30.7 Å². The Kier molecular flexibility index (Phi) is 4.05. The Labute approximate surface area is 103 Å². The SMILES string of the molecule is C.CC(C)(C)c1cn(Cc2ccccc2)nn1. The number of nitrogens with zero attached hydrogens (tertiary/aromatic N) is 3. The summed E-state index contributed by atoms with van der Waals surface area (Å²) in [6.07, 6.45) is 2.02. The molecule has 0 amide bonds. The molecule has 0 aliphatic heterocycles. The van der Waals surface area contributed by atoms with Gasteiger partial charge in [-0.05, 0) is 5.56 Å². The second kappa shape index (κ2) is 5.13. The van der Waals surface area contributed by atoms with Crippen LogP contribution < -0.4 is 0 Å². The van der Waals surface area contributed by atoms with Crippen LogP contribution in [0.3, 0.4) is 0 Å². The molecular formula is C14H21N3. The fourth-order valence-corrected chi connectivity index (χ4v) is 1.49. The molecule has 17 heavy (non-hydrogen) atoms. The number of hydrogen-bond donors (Lipinski definition) is 0. The summed E-state index contributed by atoms with van der Waals surface area (Å²) in [6.45, 7) is 7.21. The molecule has 1 heterocycles. The van der Waals surface area contributed by atoms with Crippen molar-refractivity contribution >= 4 is 0 Å². The molecule has 3 nitrogen and oxygen atoms in total. The van der Waals surface area contributed by atoms with Crippen molar-refractivity contribution in [2.75, 3.05) is 0 Å². The van der Waals surface area contributed by atoms with E-state index in [4.69, 9.17) is 0 Å². The highest BCUT2D eigenvalue weighted by Gasteiger charge is 2.17. The quantitative estimate of drug-likeness (QED) is 0.794. The summed E-state index contributed by atoms with van der Waals surface area (Å²) in [6, 6.07) is 10.3. The van der Waals surface area contributed by atoms with Crippen LogP contribution in [0, 0.1) is 0 Å². The Bertz CT molecular complexity index is 452. The van der Waals surface area contributed by atoms with E-state index in [0.29, 0.717) is 0 Å². The van der Waals surface area contributed by atoms with E-state index in [-0.39, 0.29) is 12.8 Å². The van der Waals surface area contributed by atoms with E-state index in [9.17, 15) is 0 Å². The maximum atomic E-state index is 4.20. The third-order valence-corrected chi connectivity index (χ3v) is 2.49. The van der Waals surface area contributed by atoms with Gasteiger partial charge < -0.3 is 0 Å². The van der Waals surface area contributed by atoms with Crippen LogP contribution in [-0.4, -0.2) is 15.0 Å². The van der Waals surface area contributed by atoms with Gasteiger partial charge >= 0.3 is 0 Å². The Hall–Kier alpha value is -1.64. The monoisotopic (exact) mass is 231 g/mol. The first kappa shape index (κ1) is 13.4. The molecule has 0 unspecified atom stereocenters. The van der Waals surface area contributed by atoms with E-state index in [0.717, 1.165) is 12.2 Å². The Morgan fingerprint density at radius 2 is 1.76 bits per heavy atom. The molecule has 2 rings (SSSR count). The molecule has 2 aromatic rings. The molecule has 0 bridgehead atoms. The molecule has 1 aromatic heterocycles. The molecule has 0 saturated carbocycles. The van der Waals surface area contributed by atoms with Gasteiger partial charge in [-0.2, -0.15) is 0 Å². The van der Waals surface area contributed by atoms with Gasteiger partial charge in [-0.3, -0.25) is 0 Å². The first-order valence-corrected chi connectivity index (χ1v) is 5.50. The predicted octanol–water partition coefficient (Wildman–Crippen LogP) is 3.26. The van der Waals surface area contributed by atoms with E-state index in [1.54, 1.807) is 0 Å². The molecular weight excluding hydrogens is 210 g/mol. The minimum Gasteiger partial charge on any atom is -0.248 e. The zero-order valence-electron chi connectivity index (χ0n) is 10.0. The maximum absolute atomic E-state index is 4.20. The lowest BCUT2D eigenvalue weighted by molar-refractivity contribution is 0.566. The minimum atomic E-state index is 0. The normalized spacial score (nSPS) is 11.0. The fourth-order valence-electron chi connectivity index (χ4n) is 1.49. The third kappa shape index (κ3) is 3.41. The molecule has 92 valence electrons. The summed E-state index contributed by atoms with van der Waals surface area (Å²) in [5.41, 5.74) is 2.34. The van der Waals surface area contributed by atoms with Gasteiger partial charge in [0.15, 0.2) is 0 Å². The average Bonchev–Trinajstić information content (AvgIpc) is 2.67. The van der Waals surface area contributed by atoms with Crippen LogP contribution in [0.2, 0.25) is 0 Å². The highest BCUT2D eigenvalue weighted by atomic mass is 15.4. The highest BCUT2D eigenvalue weighted by Crippen LogP contribution is 2.18. The first-order chi connectivity index (χ1) is 7.55. The Morgan fingerprint density at radius 1 is 1.12 bits per heavy atom. The van der Waals surface area contributed by atoms with E-state index in [1.165, 1.54) is 5.56 Å². The second-order valence-corrected chi connectivity index (χ2v) is 5.04. The number of hydrogen-bond acceptors (Lipinski definition) is 2. The van der Waals surface area contributed by atoms with Gasteiger partial charge in [0.2, 0.25) is 0 Å². The largest absolute Gasteiger partial charge is 0.248 e. The van der Waals surface area contributed by atoms with Gasteiger partial charge in [-0.15, -0.1) is 5.10 Å². The summed E-state index contributed by atoms with van der Waals surface area (Å²) in [4.78, 5) is 0. The molecule has 3 heteroatoms. The molecule has 0 spiro atoms. The molecule has 0 aliphatic rings. The first-order valence-electron chi connectivity index (χ1n) is 5.50. The van der Waals surface area contributed by atoms with Gasteiger partial charge in [0, 0.05) is 11.6 Å². The number of aromatic nitrogens is 3. The lowest BCUT2D eigenvalue weighted by Crippen LogP contribution is -2.11. The van der Waals surface area contributed by atoms with Gasteiger partial charge in [-0.1, -0.05) is 63.7 Å². The second-order valence-electron chi connectivity index (χ2n) is 5.04. The molecule has 1 aromatic carbocycles. The van der Waals surface area contributed by atoms with Crippen molar-refractivity contribution in [1.29, 1.82) is 0 Å². The van der Waals surface area contributed by atoms with Gasteiger partial charge in [-0.25, -0.2) is 4.68 Å². The van der Waals surface area contributed by atoms with Gasteiger partial charge in [0.1, 0.15) is 0 Å². The Morgan fingerprint density at radius 3 is 2.29 bits per heavy atom. The summed E-state index contributed by atoms with van der Waals surface area (Å²) >= 11 is 0. The fraction of sp³-hybridized carbons (Fsp3) is 0.429. The molecule has 0 atom stereocenters. The van der Waals surface area contributed by atoms with Crippen molar-refractivity contribution in [2.24, 2.45) is 0 Å². The van der Waals surface area contributed by atoms with Crippen molar-refractivity contribution < 1.29 is 0 Å². The number of rotatable bonds is 2. The van der Waals surface area contributed by atoms with Crippen molar-refractivity contribution in [3.05, 3.63) is 47.8 Å². The maximum Gasteiger partial charge on any atom is 0.0880 e. The third-order valence-electron chi connectivity index (χ3n) is 2.49. The van der Waals surface area contributed by atoms with Crippen molar-refractivity contribution in [3.8, 4) is 0 Å². The van der Waals surface area contributed by atoms with Gasteiger partial charge in [0.25, 0.3) is 0 Å². The van der Waals surface area contributed by atoms with Crippen molar-refractivity contribution in [1.82, 2.24) is 15.0 Å². The van der Waals surface area contributed by atoms with Crippen LogP contribution in [0.5, 0.6) is 0 Å². The van der Waals surface area contributed by atoms with Crippen molar-refractivity contribution in [2.45, 2.75) is 40.2 Å². The van der Waals surface area contributed by atoms with Crippen LogP contribution in [0.1, 0.15) is 39.5 Å². The van der Waals surface area contributed by atoms with Crippen LogP contribution in [0.25, 0.3) is 0 Å². The lowest BCUT2D eigenvalue weighted by atomic mass is 9.93.